The Morgan fingerprint density at radius 3 is 2.84 bits per heavy atom. The van der Waals surface area contributed by atoms with Crippen LogP contribution in [0.2, 0.25) is 0 Å². The average molecular weight is 416 g/mol. The maximum atomic E-state index is 12.3. The summed E-state index contributed by atoms with van der Waals surface area (Å²) in [5, 5.41) is 14.7. The number of rotatable bonds is 5. The first-order valence-corrected chi connectivity index (χ1v) is 9.23. The van der Waals surface area contributed by atoms with Crippen molar-refractivity contribution in [3.8, 4) is 11.4 Å². The molecule has 12 heteroatoms. The third-order valence-electron chi connectivity index (χ3n) is 4.33. The van der Waals surface area contributed by atoms with E-state index < -0.39 is 5.91 Å². The quantitative estimate of drug-likeness (QED) is 0.441. The topological polar surface area (TPSA) is 141 Å². The van der Waals surface area contributed by atoms with Gasteiger partial charge in [-0.3, -0.25) is 9.48 Å². The number of nitrogens with one attached hydrogen (secondary N) is 2. The van der Waals surface area contributed by atoms with Gasteiger partial charge in [0.25, 0.3) is 5.91 Å². The first-order chi connectivity index (χ1) is 15.1. The van der Waals surface area contributed by atoms with Gasteiger partial charge in [-0.1, -0.05) is 0 Å². The summed E-state index contributed by atoms with van der Waals surface area (Å²) < 4.78 is 8.38. The number of hydrogen-bond acceptors (Lipinski definition) is 9. The number of anilines is 3. The molecular formula is C19H16N10O2. The highest BCUT2D eigenvalue weighted by Crippen LogP contribution is 2.30. The first kappa shape index (κ1) is 18.4. The lowest BCUT2D eigenvalue weighted by molar-refractivity contribution is 0.0996. The van der Waals surface area contributed by atoms with E-state index in [-0.39, 0.29) is 5.76 Å². The van der Waals surface area contributed by atoms with Crippen LogP contribution in [-0.2, 0) is 7.05 Å². The summed E-state index contributed by atoms with van der Waals surface area (Å²) in [7, 11) is 1.83. The smallest absolute Gasteiger partial charge is 0.294 e. The standard InChI is InChI=1S/C19H16N10O2/c1-11-22-12(8-15(23-11)25-19(30)13-9-20-10-31-13)17-18(24-14-5-7-28(2)27-14)26-16-4-3-6-21-29(16)17/h3-10H,1-2H3,(H,24,27)(H,22,23,25,30). The highest BCUT2D eigenvalue weighted by atomic mass is 16.3. The Balaban J connectivity index is 1.59. The first-order valence-electron chi connectivity index (χ1n) is 9.23. The zero-order chi connectivity index (χ0) is 21.4. The molecule has 0 aliphatic heterocycles. The van der Waals surface area contributed by atoms with Crippen molar-refractivity contribution in [1.29, 1.82) is 0 Å². The number of carbonyl (C=O) groups excluding carboxylic acids is 1. The number of hydrogen-bond donors (Lipinski definition) is 2. The van der Waals surface area contributed by atoms with Gasteiger partial charge in [-0.05, 0) is 19.1 Å². The van der Waals surface area contributed by atoms with E-state index in [4.69, 9.17) is 4.42 Å². The van der Waals surface area contributed by atoms with Crippen molar-refractivity contribution in [3.05, 3.63) is 60.8 Å². The fourth-order valence-corrected chi connectivity index (χ4v) is 3.07. The molecule has 5 rings (SSSR count). The van der Waals surface area contributed by atoms with E-state index in [9.17, 15) is 4.79 Å². The highest BCUT2D eigenvalue weighted by Gasteiger charge is 2.20. The molecule has 0 spiro atoms. The van der Waals surface area contributed by atoms with Crippen LogP contribution in [0.3, 0.4) is 0 Å². The lowest BCUT2D eigenvalue weighted by Gasteiger charge is -2.08. The van der Waals surface area contributed by atoms with Crippen LogP contribution < -0.4 is 10.6 Å². The van der Waals surface area contributed by atoms with Crippen LogP contribution in [0.25, 0.3) is 17.0 Å². The molecule has 0 unspecified atom stereocenters. The Labute approximate surface area is 175 Å². The van der Waals surface area contributed by atoms with Gasteiger partial charge < -0.3 is 15.1 Å². The third kappa shape index (κ3) is 3.57. The van der Waals surface area contributed by atoms with Crippen LogP contribution in [0.4, 0.5) is 17.5 Å². The molecule has 0 fully saturated rings. The Hall–Kier alpha value is -4.61. The molecule has 0 radical (unpaired) electrons. The number of aromatic nitrogens is 8. The lowest BCUT2D eigenvalue weighted by Crippen LogP contribution is -2.13. The fraction of sp³-hybridized carbons (Fsp3) is 0.105. The summed E-state index contributed by atoms with van der Waals surface area (Å²) in [6.45, 7) is 1.73. The van der Waals surface area contributed by atoms with E-state index in [0.717, 1.165) is 0 Å². The summed E-state index contributed by atoms with van der Waals surface area (Å²) in [6.07, 6.45) is 5.99. The number of fused-ring (bicyclic) bond motifs is 1. The van der Waals surface area contributed by atoms with Gasteiger partial charge in [-0.25, -0.2) is 24.5 Å². The Morgan fingerprint density at radius 2 is 2.06 bits per heavy atom. The van der Waals surface area contributed by atoms with Gasteiger partial charge in [0, 0.05) is 31.6 Å². The predicted octanol–water partition coefficient (Wildman–Crippen LogP) is 2.21. The van der Waals surface area contributed by atoms with Gasteiger partial charge in [0.1, 0.15) is 17.3 Å². The van der Waals surface area contributed by atoms with Crippen molar-refractivity contribution < 1.29 is 9.21 Å². The molecule has 0 atom stereocenters. The van der Waals surface area contributed by atoms with E-state index in [1.54, 1.807) is 34.5 Å². The number of aryl methyl sites for hydroxylation is 2. The van der Waals surface area contributed by atoms with Crippen molar-refractivity contribution in [1.82, 2.24) is 39.3 Å². The minimum atomic E-state index is -0.468. The van der Waals surface area contributed by atoms with Crippen LogP contribution >= 0.6 is 0 Å². The molecule has 31 heavy (non-hydrogen) atoms. The highest BCUT2D eigenvalue weighted by molar-refractivity contribution is 6.01. The molecule has 12 nitrogen and oxygen atoms in total. The number of nitrogens with zero attached hydrogens (tertiary/aromatic N) is 8. The predicted molar refractivity (Wildman–Crippen MR) is 110 cm³/mol. The molecule has 0 aliphatic carbocycles. The van der Waals surface area contributed by atoms with E-state index in [0.29, 0.717) is 40.3 Å². The molecule has 0 aliphatic rings. The minimum Gasteiger partial charge on any atom is -0.438 e. The van der Waals surface area contributed by atoms with Crippen LogP contribution in [-0.4, -0.2) is 45.2 Å². The molecule has 0 saturated carbocycles. The van der Waals surface area contributed by atoms with Crippen LogP contribution in [0, 0.1) is 6.92 Å². The van der Waals surface area contributed by atoms with Crippen molar-refractivity contribution >= 4 is 29.0 Å². The molecule has 0 saturated heterocycles. The summed E-state index contributed by atoms with van der Waals surface area (Å²) in [4.78, 5) is 29.6. The Bertz CT molecular complexity index is 1390. The van der Waals surface area contributed by atoms with Crippen molar-refractivity contribution in [2.45, 2.75) is 6.92 Å². The largest absolute Gasteiger partial charge is 0.438 e. The monoisotopic (exact) mass is 416 g/mol. The summed E-state index contributed by atoms with van der Waals surface area (Å²) in [6, 6.07) is 7.10. The van der Waals surface area contributed by atoms with Crippen molar-refractivity contribution in [2.24, 2.45) is 7.05 Å². The molecule has 5 aromatic heterocycles. The second-order valence-corrected chi connectivity index (χ2v) is 6.61. The fourth-order valence-electron chi connectivity index (χ4n) is 3.07. The molecule has 2 N–H and O–H groups in total. The maximum absolute atomic E-state index is 12.3. The summed E-state index contributed by atoms with van der Waals surface area (Å²) in [5.74, 6) is 1.51. The van der Waals surface area contributed by atoms with Gasteiger partial charge in [0.2, 0.25) is 5.76 Å². The van der Waals surface area contributed by atoms with E-state index in [1.807, 2.05) is 25.4 Å². The van der Waals surface area contributed by atoms with Crippen molar-refractivity contribution in [3.63, 3.8) is 0 Å². The summed E-state index contributed by atoms with van der Waals surface area (Å²) >= 11 is 0. The SMILES string of the molecule is Cc1nc(NC(=O)c2cnco2)cc(-c2c(Nc3ccn(C)n3)nc3cccnn23)n1. The van der Waals surface area contributed by atoms with Crippen LogP contribution in [0.15, 0.2) is 53.7 Å². The number of amides is 1. The zero-order valence-electron chi connectivity index (χ0n) is 16.5. The van der Waals surface area contributed by atoms with Crippen LogP contribution in [0.1, 0.15) is 16.4 Å². The van der Waals surface area contributed by atoms with Gasteiger partial charge in [-0.15, -0.1) is 0 Å². The number of carbonyl (C=O) groups is 1. The maximum Gasteiger partial charge on any atom is 0.294 e. The number of oxazole rings is 1. The van der Waals surface area contributed by atoms with Crippen LogP contribution in [0.5, 0.6) is 0 Å². The van der Waals surface area contributed by atoms with Gasteiger partial charge in [0.15, 0.2) is 23.7 Å². The third-order valence-corrected chi connectivity index (χ3v) is 4.33. The molecule has 5 aromatic rings. The second kappa shape index (κ2) is 7.33. The van der Waals surface area contributed by atoms with Gasteiger partial charge in [-0.2, -0.15) is 10.2 Å². The van der Waals surface area contributed by atoms with E-state index in [2.05, 4.69) is 40.8 Å². The molecule has 154 valence electrons. The van der Waals surface area contributed by atoms with Gasteiger partial charge >= 0.3 is 0 Å². The average Bonchev–Trinajstić information content (AvgIpc) is 3.47. The molecule has 1 amide bonds. The minimum absolute atomic E-state index is 0.0757. The van der Waals surface area contributed by atoms with E-state index >= 15 is 0 Å². The second-order valence-electron chi connectivity index (χ2n) is 6.61. The molecule has 0 aromatic carbocycles. The zero-order valence-corrected chi connectivity index (χ0v) is 16.5. The Kier molecular flexibility index (Phi) is 4.36. The molecule has 0 bridgehead atoms. The van der Waals surface area contributed by atoms with E-state index in [1.165, 1.54) is 12.6 Å². The van der Waals surface area contributed by atoms with Crippen molar-refractivity contribution in [2.75, 3.05) is 10.6 Å². The summed E-state index contributed by atoms with van der Waals surface area (Å²) in [5.41, 5.74) is 1.74. The van der Waals surface area contributed by atoms with Gasteiger partial charge in [0.05, 0.1) is 11.9 Å². The number of imidazole rings is 1. The normalized spacial score (nSPS) is 11.0. The molecule has 5 heterocycles. The Morgan fingerprint density at radius 1 is 1.16 bits per heavy atom. The lowest BCUT2D eigenvalue weighted by atomic mass is 10.2. The molecular weight excluding hydrogens is 400 g/mol.